The Kier molecular flexibility index (Phi) is 2.76. The number of hydrogen-bond donors (Lipinski definition) is 1. The first-order valence-corrected chi connectivity index (χ1v) is 5.60. The number of nitrogens with one attached hydrogen (secondary N) is 1. The molecular weight excluding hydrogens is 186 g/mol. The molecule has 2 heteroatoms. The van der Waals surface area contributed by atoms with E-state index >= 15 is 0 Å². The van der Waals surface area contributed by atoms with Crippen molar-refractivity contribution >= 4 is 11.5 Å². The lowest BCUT2D eigenvalue weighted by atomic mass is 10.1. The normalized spacial score (nSPS) is 23.6. The van der Waals surface area contributed by atoms with Crippen molar-refractivity contribution in [3.05, 3.63) is 29.8 Å². The molecular formula is C13H17NO. The molecule has 1 aromatic carbocycles. The van der Waals surface area contributed by atoms with Crippen molar-refractivity contribution < 1.29 is 4.79 Å². The molecule has 2 nitrogen and oxygen atoms in total. The van der Waals surface area contributed by atoms with E-state index in [2.05, 4.69) is 12.2 Å². The van der Waals surface area contributed by atoms with E-state index in [0.717, 1.165) is 17.2 Å². The molecule has 0 aromatic heterocycles. The molecule has 0 radical (unpaired) electrons. The molecule has 2 rings (SSSR count). The van der Waals surface area contributed by atoms with E-state index in [-0.39, 0.29) is 5.78 Å². The molecule has 1 fully saturated rings. The van der Waals surface area contributed by atoms with Gasteiger partial charge in [0.1, 0.15) is 0 Å². The first-order valence-electron chi connectivity index (χ1n) is 5.60. The van der Waals surface area contributed by atoms with Crippen molar-refractivity contribution in [3.8, 4) is 0 Å². The van der Waals surface area contributed by atoms with Crippen LogP contribution in [-0.2, 0) is 0 Å². The van der Waals surface area contributed by atoms with E-state index in [9.17, 15) is 4.79 Å². The van der Waals surface area contributed by atoms with Crippen molar-refractivity contribution in [2.45, 2.75) is 32.7 Å². The zero-order valence-electron chi connectivity index (χ0n) is 9.29. The fraction of sp³-hybridized carbons (Fsp3) is 0.462. The maximum absolute atomic E-state index is 11.4. The second-order valence-corrected chi connectivity index (χ2v) is 4.32. The standard InChI is InChI=1S/C13H17NO/c1-3-13(15)10-4-6-11(7-5-10)14-12-8-9(12)2/h4-7,9,12,14H,3,8H2,1-2H3. The number of benzene rings is 1. The lowest BCUT2D eigenvalue weighted by Crippen LogP contribution is -2.03. The highest BCUT2D eigenvalue weighted by Gasteiger charge is 2.32. The highest BCUT2D eigenvalue weighted by molar-refractivity contribution is 5.96. The highest BCUT2D eigenvalue weighted by atomic mass is 16.1. The van der Waals surface area contributed by atoms with Crippen molar-refractivity contribution in [3.63, 3.8) is 0 Å². The van der Waals surface area contributed by atoms with Gasteiger partial charge in [-0.25, -0.2) is 0 Å². The van der Waals surface area contributed by atoms with Gasteiger partial charge in [-0.1, -0.05) is 13.8 Å². The average Bonchev–Trinajstić information content (AvgIpc) is 2.94. The SMILES string of the molecule is CCC(=O)c1ccc(NC2CC2C)cc1. The maximum Gasteiger partial charge on any atom is 0.162 e. The molecule has 0 heterocycles. The topological polar surface area (TPSA) is 29.1 Å². The third kappa shape index (κ3) is 2.38. The van der Waals surface area contributed by atoms with Gasteiger partial charge >= 0.3 is 0 Å². The summed E-state index contributed by atoms with van der Waals surface area (Å²) in [4.78, 5) is 11.4. The Morgan fingerprint density at radius 3 is 2.47 bits per heavy atom. The summed E-state index contributed by atoms with van der Waals surface area (Å²) in [7, 11) is 0. The zero-order valence-corrected chi connectivity index (χ0v) is 9.29. The highest BCUT2D eigenvalue weighted by Crippen LogP contribution is 2.32. The van der Waals surface area contributed by atoms with Crippen LogP contribution in [0.1, 0.15) is 37.0 Å². The number of carbonyl (C=O) groups is 1. The predicted molar refractivity (Wildman–Crippen MR) is 62.3 cm³/mol. The quantitative estimate of drug-likeness (QED) is 0.762. The number of anilines is 1. The minimum atomic E-state index is 0.210. The molecule has 2 unspecified atom stereocenters. The van der Waals surface area contributed by atoms with Crippen molar-refractivity contribution in [1.29, 1.82) is 0 Å². The van der Waals surface area contributed by atoms with E-state index in [1.807, 2.05) is 31.2 Å². The Labute approximate surface area is 90.7 Å². The van der Waals surface area contributed by atoms with Crippen molar-refractivity contribution in [2.24, 2.45) is 5.92 Å². The van der Waals surface area contributed by atoms with Gasteiger partial charge < -0.3 is 5.32 Å². The summed E-state index contributed by atoms with van der Waals surface area (Å²) >= 11 is 0. The van der Waals surface area contributed by atoms with Crippen LogP contribution in [0.3, 0.4) is 0 Å². The second-order valence-electron chi connectivity index (χ2n) is 4.32. The van der Waals surface area contributed by atoms with Crippen LogP contribution in [0.4, 0.5) is 5.69 Å². The molecule has 15 heavy (non-hydrogen) atoms. The van der Waals surface area contributed by atoms with Crippen LogP contribution < -0.4 is 5.32 Å². The van der Waals surface area contributed by atoms with Crippen LogP contribution >= 0.6 is 0 Å². The van der Waals surface area contributed by atoms with Crippen molar-refractivity contribution in [2.75, 3.05) is 5.32 Å². The lowest BCUT2D eigenvalue weighted by Gasteiger charge is -2.05. The molecule has 1 N–H and O–H groups in total. The molecule has 1 aliphatic rings. The zero-order chi connectivity index (χ0) is 10.8. The third-order valence-electron chi connectivity index (χ3n) is 2.99. The lowest BCUT2D eigenvalue weighted by molar-refractivity contribution is 0.0988. The monoisotopic (exact) mass is 203 g/mol. The summed E-state index contributed by atoms with van der Waals surface area (Å²) < 4.78 is 0. The minimum Gasteiger partial charge on any atom is -0.382 e. The van der Waals surface area contributed by atoms with Crippen LogP contribution in [0.15, 0.2) is 24.3 Å². The molecule has 2 atom stereocenters. The number of carbonyl (C=O) groups excluding carboxylic acids is 1. The summed E-state index contributed by atoms with van der Waals surface area (Å²) in [6.07, 6.45) is 1.84. The van der Waals surface area contributed by atoms with Crippen molar-refractivity contribution in [1.82, 2.24) is 0 Å². The Hall–Kier alpha value is -1.31. The summed E-state index contributed by atoms with van der Waals surface area (Å²) in [5.41, 5.74) is 1.93. The molecule has 1 aromatic rings. The van der Waals surface area contributed by atoms with E-state index in [0.29, 0.717) is 12.5 Å². The first kappa shape index (κ1) is 10.2. The summed E-state index contributed by atoms with van der Waals surface area (Å²) in [5.74, 6) is 1.00. The number of ketones is 1. The van der Waals surface area contributed by atoms with Gasteiger partial charge in [-0.3, -0.25) is 4.79 Å². The van der Waals surface area contributed by atoms with Gasteiger partial charge in [-0.15, -0.1) is 0 Å². The van der Waals surface area contributed by atoms with Gasteiger partial charge in [0.05, 0.1) is 0 Å². The predicted octanol–water partition coefficient (Wildman–Crippen LogP) is 3.10. The molecule has 1 saturated carbocycles. The smallest absolute Gasteiger partial charge is 0.162 e. The fourth-order valence-corrected chi connectivity index (χ4v) is 1.69. The molecule has 0 saturated heterocycles. The number of rotatable bonds is 4. The molecule has 1 aliphatic carbocycles. The van der Waals surface area contributed by atoms with E-state index < -0.39 is 0 Å². The molecule has 0 aliphatic heterocycles. The Morgan fingerprint density at radius 2 is 2.00 bits per heavy atom. The van der Waals surface area contributed by atoms with Crippen LogP contribution in [-0.4, -0.2) is 11.8 Å². The van der Waals surface area contributed by atoms with E-state index in [4.69, 9.17) is 0 Å². The third-order valence-corrected chi connectivity index (χ3v) is 2.99. The van der Waals surface area contributed by atoms with Gasteiger partial charge in [0, 0.05) is 23.7 Å². The minimum absolute atomic E-state index is 0.210. The van der Waals surface area contributed by atoms with Gasteiger partial charge in [-0.05, 0) is 36.6 Å². The Balaban J connectivity index is 2.00. The maximum atomic E-state index is 11.4. The average molecular weight is 203 g/mol. The second kappa shape index (κ2) is 4.05. The van der Waals surface area contributed by atoms with E-state index in [1.165, 1.54) is 6.42 Å². The van der Waals surface area contributed by atoms with E-state index in [1.54, 1.807) is 0 Å². The summed E-state index contributed by atoms with van der Waals surface area (Å²) in [5, 5.41) is 3.44. The Morgan fingerprint density at radius 1 is 1.40 bits per heavy atom. The summed E-state index contributed by atoms with van der Waals surface area (Å²) in [6.45, 7) is 4.13. The van der Waals surface area contributed by atoms with Crippen LogP contribution in [0.25, 0.3) is 0 Å². The van der Waals surface area contributed by atoms with Crippen LogP contribution in [0, 0.1) is 5.92 Å². The molecule has 0 amide bonds. The first-order chi connectivity index (χ1) is 7.20. The van der Waals surface area contributed by atoms with Crippen LogP contribution in [0.2, 0.25) is 0 Å². The van der Waals surface area contributed by atoms with Crippen LogP contribution in [0.5, 0.6) is 0 Å². The number of hydrogen-bond acceptors (Lipinski definition) is 2. The van der Waals surface area contributed by atoms with Gasteiger partial charge in [0.2, 0.25) is 0 Å². The molecule has 0 spiro atoms. The summed E-state index contributed by atoms with van der Waals surface area (Å²) in [6, 6.07) is 8.43. The van der Waals surface area contributed by atoms with Gasteiger partial charge in [0.15, 0.2) is 5.78 Å². The van der Waals surface area contributed by atoms with Gasteiger partial charge in [0.25, 0.3) is 0 Å². The Bertz CT molecular complexity index is 355. The molecule has 0 bridgehead atoms. The fourth-order valence-electron chi connectivity index (χ4n) is 1.69. The van der Waals surface area contributed by atoms with Gasteiger partial charge in [-0.2, -0.15) is 0 Å². The number of Topliss-reactive ketones (excluding diaryl/α,β-unsaturated/α-hetero) is 1. The largest absolute Gasteiger partial charge is 0.382 e. The molecule has 80 valence electrons.